The van der Waals surface area contributed by atoms with Gasteiger partial charge in [-0.15, -0.1) is 0 Å². The minimum absolute atomic E-state index is 0.0414. The minimum atomic E-state index is -3.99. The van der Waals surface area contributed by atoms with Crippen molar-refractivity contribution >= 4 is 33.8 Å². The lowest BCUT2D eigenvalue weighted by molar-refractivity contribution is -0.119. The molecule has 40 heavy (non-hydrogen) atoms. The number of halogens is 1. The second-order valence-corrected chi connectivity index (χ2v) is 11.8. The summed E-state index contributed by atoms with van der Waals surface area (Å²) < 4.78 is 29.7. The average Bonchev–Trinajstić information content (AvgIpc) is 3.24. The molecule has 0 fully saturated rings. The summed E-state index contributed by atoms with van der Waals surface area (Å²) in [7, 11) is -3.99. The van der Waals surface area contributed by atoms with Crippen LogP contribution in [0.3, 0.4) is 0 Å². The first-order valence-electron chi connectivity index (χ1n) is 13.2. The number of rotatable bonds is 12. The monoisotopic (exact) mass is 577 g/mol. The largest absolute Gasteiger partial charge is 0.320 e. The van der Waals surface area contributed by atoms with Gasteiger partial charge in [0.15, 0.2) is 11.4 Å². The number of sulfonamides is 1. The molecule has 4 rings (SSSR count). The van der Waals surface area contributed by atoms with Crippen LogP contribution in [0.25, 0.3) is 0 Å². The van der Waals surface area contributed by atoms with Crippen LogP contribution in [-0.2, 0) is 27.8 Å². The molecule has 0 saturated carbocycles. The van der Waals surface area contributed by atoms with Gasteiger partial charge in [-0.3, -0.25) is 9.59 Å². The van der Waals surface area contributed by atoms with Gasteiger partial charge in [0.25, 0.3) is 10.0 Å². The summed E-state index contributed by atoms with van der Waals surface area (Å²) in [6.45, 7) is 4.38. The summed E-state index contributed by atoms with van der Waals surface area (Å²) in [4.78, 5) is 29.2. The van der Waals surface area contributed by atoms with Gasteiger partial charge in [0, 0.05) is 25.3 Å². The first kappa shape index (κ1) is 29.2. The van der Waals surface area contributed by atoms with Crippen LogP contribution in [0.5, 0.6) is 0 Å². The molecule has 4 aromatic rings. The Bertz CT molecular complexity index is 1570. The zero-order valence-corrected chi connectivity index (χ0v) is 24.1. The van der Waals surface area contributed by atoms with Crippen molar-refractivity contribution in [3.8, 4) is 0 Å². The normalized spacial score (nSPS) is 12.2. The Kier molecular flexibility index (Phi) is 9.55. The van der Waals surface area contributed by atoms with Gasteiger partial charge in [0.05, 0.1) is 4.90 Å². The Labute approximate surface area is 240 Å². The molecule has 0 aliphatic carbocycles. The van der Waals surface area contributed by atoms with Gasteiger partial charge in [-0.05, 0) is 42.2 Å². The van der Waals surface area contributed by atoms with Crippen molar-refractivity contribution in [1.82, 2.24) is 14.3 Å². The lowest BCUT2D eigenvalue weighted by Gasteiger charge is -2.19. The number of nitrogens with one attached hydrogen (secondary N) is 1. The molecule has 0 saturated heterocycles. The van der Waals surface area contributed by atoms with Crippen LogP contribution >= 0.6 is 11.6 Å². The molecule has 0 bridgehead atoms. The van der Waals surface area contributed by atoms with Crippen LogP contribution in [0.15, 0.2) is 83.8 Å². The number of benzene rings is 3. The van der Waals surface area contributed by atoms with E-state index in [4.69, 9.17) is 11.6 Å². The fourth-order valence-electron chi connectivity index (χ4n) is 4.60. The molecule has 1 atom stereocenters. The SMILES string of the molecule is CCCCc1nc(Cl)c(C=O)n1Cc1ccc(C(CC(=O)NS(=O)(=O)c2ccc(C)cc2)c2ccccc2)cc1. The summed E-state index contributed by atoms with van der Waals surface area (Å²) in [5.74, 6) is -0.189. The molecule has 7 nitrogen and oxygen atoms in total. The number of aldehydes is 1. The number of aryl methyl sites for hydroxylation is 2. The first-order chi connectivity index (χ1) is 19.2. The molecule has 208 valence electrons. The Morgan fingerprint density at radius 3 is 2.27 bits per heavy atom. The molecule has 1 unspecified atom stereocenters. The van der Waals surface area contributed by atoms with Crippen molar-refractivity contribution in [3.63, 3.8) is 0 Å². The van der Waals surface area contributed by atoms with Crippen molar-refractivity contribution in [2.24, 2.45) is 0 Å². The molecule has 1 N–H and O–H groups in total. The summed E-state index contributed by atoms with van der Waals surface area (Å²) in [6.07, 6.45) is 3.33. The van der Waals surface area contributed by atoms with Crippen molar-refractivity contribution in [2.45, 2.75) is 56.9 Å². The number of carbonyl (C=O) groups is 2. The van der Waals surface area contributed by atoms with E-state index in [2.05, 4.69) is 16.6 Å². The number of amides is 1. The maximum absolute atomic E-state index is 13.0. The van der Waals surface area contributed by atoms with Gasteiger partial charge in [0.1, 0.15) is 11.5 Å². The number of carbonyl (C=O) groups excluding carboxylic acids is 2. The Hall–Kier alpha value is -3.75. The highest BCUT2D eigenvalue weighted by Crippen LogP contribution is 2.29. The number of nitrogens with zero attached hydrogens (tertiary/aromatic N) is 2. The predicted octanol–water partition coefficient (Wildman–Crippen LogP) is 6.08. The summed E-state index contributed by atoms with van der Waals surface area (Å²) in [5.41, 5.74) is 3.98. The lowest BCUT2D eigenvalue weighted by Crippen LogP contribution is -2.31. The highest BCUT2D eigenvalue weighted by atomic mass is 35.5. The van der Waals surface area contributed by atoms with Gasteiger partial charge in [-0.25, -0.2) is 18.1 Å². The maximum Gasteiger partial charge on any atom is 0.264 e. The quantitative estimate of drug-likeness (QED) is 0.206. The van der Waals surface area contributed by atoms with E-state index in [0.717, 1.165) is 53.6 Å². The van der Waals surface area contributed by atoms with Crippen LogP contribution in [0.4, 0.5) is 0 Å². The third-order valence-corrected chi connectivity index (χ3v) is 8.47. The number of imidazole rings is 1. The van der Waals surface area contributed by atoms with Crippen LogP contribution in [-0.4, -0.2) is 30.2 Å². The van der Waals surface area contributed by atoms with E-state index in [0.29, 0.717) is 12.2 Å². The molecule has 3 aromatic carbocycles. The summed E-state index contributed by atoms with van der Waals surface area (Å²) in [6, 6.07) is 23.6. The van der Waals surface area contributed by atoms with Crippen molar-refractivity contribution in [3.05, 3.63) is 118 Å². The Morgan fingerprint density at radius 1 is 1.00 bits per heavy atom. The lowest BCUT2D eigenvalue weighted by atomic mass is 9.88. The van der Waals surface area contributed by atoms with E-state index in [1.165, 1.54) is 12.1 Å². The molecular weight excluding hydrogens is 546 g/mol. The molecule has 0 aliphatic rings. The van der Waals surface area contributed by atoms with Gasteiger partial charge < -0.3 is 4.57 Å². The zero-order chi connectivity index (χ0) is 28.7. The zero-order valence-electron chi connectivity index (χ0n) is 22.5. The topological polar surface area (TPSA) is 98.1 Å². The molecule has 1 heterocycles. The molecule has 1 aromatic heterocycles. The standard InChI is InChI=1S/C31H32ClN3O4S/c1-3-4-10-29-33-31(32)28(21-36)35(29)20-23-13-15-25(16-14-23)27(24-8-6-5-7-9-24)19-30(37)34-40(38,39)26-17-11-22(2)12-18-26/h5-9,11-18,21,27H,3-4,10,19-20H2,1-2H3,(H,34,37). The van der Waals surface area contributed by atoms with E-state index >= 15 is 0 Å². The third-order valence-electron chi connectivity index (χ3n) is 6.80. The number of hydrogen-bond acceptors (Lipinski definition) is 5. The van der Waals surface area contributed by atoms with Crippen molar-refractivity contribution in [2.75, 3.05) is 0 Å². The van der Waals surface area contributed by atoms with Crippen LogP contribution in [0.1, 0.15) is 70.7 Å². The molecule has 9 heteroatoms. The number of aromatic nitrogens is 2. The van der Waals surface area contributed by atoms with Crippen molar-refractivity contribution in [1.29, 1.82) is 0 Å². The van der Waals surface area contributed by atoms with E-state index in [-0.39, 0.29) is 22.4 Å². The number of hydrogen-bond donors (Lipinski definition) is 1. The van der Waals surface area contributed by atoms with E-state index < -0.39 is 15.9 Å². The second kappa shape index (κ2) is 13.1. The van der Waals surface area contributed by atoms with E-state index in [9.17, 15) is 18.0 Å². The second-order valence-electron chi connectivity index (χ2n) is 9.76. The van der Waals surface area contributed by atoms with Gasteiger partial charge in [-0.1, -0.05) is 97.2 Å². The highest BCUT2D eigenvalue weighted by Gasteiger charge is 2.23. The van der Waals surface area contributed by atoms with Gasteiger partial charge in [0.2, 0.25) is 5.91 Å². The number of unbranched alkanes of at least 4 members (excludes halogenated alkanes) is 1. The van der Waals surface area contributed by atoms with E-state index in [1.807, 2.05) is 66.1 Å². The third kappa shape index (κ3) is 7.06. The fourth-order valence-corrected chi connectivity index (χ4v) is 5.84. The van der Waals surface area contributed by atoms with Crippen LogP contribution in [0.2, 0.25) is 5.15 Å². The molecule has 0 aliphatic heterocycles. The maximum atomic E-state index is 13.0. The summed E-state index contributed by atoms with van der Waals surface area (Å²) >= 11 is 6.23. The molecule has 0 spiro atoms. The van der Waals surface area contributed by atoms with Gasteiger partial charge in [-0.2, -0.15) is 0 Å². The predicted molar refractivity (Wildman–Crippen MR) is 156 cm³/mol. The molecule has 0 radical (unpaired) electrons. The van der Waals surface area contributed by atoms with Crippen LogP contribution in [0, 0.1) is 6.92 Å². The first-order valence-corrected chi connectivity index (χ1v) is 15.0. The Balaban J connectivity index is 1.56. The molecule has 1 amide bonds. The molecular formula is C31H32ClN3O4S. The smallest absolute Gasteiger partial charge is 0.264 e. The average molecular weight is 578 g/mol. The highest BCUT2D eigenvalue weighted by molar-refractivity contribution is 7.90. The van der Waals surface area contributed by atoms with Gasteiger partial charge >= 0.3 is 0 Å². The van der Waals surface area contributed by atoms with Crippen LogP contribution < -0.4 is 4.72 Å². The van der Waals surface area contributed by atoms with Crippen molar-refractivity contribution < 1.29 is 18.0 Å². The Morgan fingerprint density at radius 2 is 1.65 bits per heavy atom. The fraction of sp³-hybridized carbons (Fsp3) is 0.258. The summed E-state index contributed by atoms with van der Waals surface area (Å²) in [5, 5.41) is 0.202. The minimum Gasteiger partial charge on any atom is -0.320 e. The van der Waals surface area contributed by atoms with E-state index in [1.54, 1.807) is 12.1 Å².